The number of rotatable bonds is 1. The summed E-state index contributed by atoms with van der Waals surface area (Å²) in [5.74, 6) is 0. The second-order valence-electron chi connectivity index (χ2n) is 4.55. The zero-order valence-electron chi connectivity index (χ0n) is 10.6. The monoisotopic (exact) mass is 214 g/mol. The molecule has 1 aromatic carbocycles. The summed E-state index contributed by atoms with van der Waals surface area (Å²) in [7, 11) is 0. The van der Waals surface area contributed by atoms with E-state index in [1.54, 1.807) is 0 Å². The third kappa shape index (κ3) is 1.75. The molecule has 0 aliphatic carbocycles. The predicted molar refractivity (Wildman–Crippen MR) is 67.2 cm³/mol. The van der Waals surface area contributed by atoms with Crippen LogP contribution in [0.1, 0.15) is 28.1 Å². The Labute approximate surface area is 96.9 Å². The number of aromatic nitrogens is 2. The fourth-order valence-corrected chi connectivity index (χ4v) is 2.04. The minimum Gasteiger partial charge on any atom is -0.238 e. The number of aryl methyl sites for hydroxylation is 3. The number of hydrogen-bond donors (Lipinski definition) is 0. The highest BCUT2D eigenvalue weighted by atomic mass is 15.3. The van der Waals surface area contributed by atoms with Gasteiger partial charge in [0.25, 0.3) is 0 Å². The summed E-state index contributed by atoms with van der Waals surface area (Å²) in [6.07, 6.45) is 0. The molecule has 84 valence electrons. The van der Waals surface area contributed by atoms with Crippen LogP contribution in [0.3, 0.4) is 0 Å². The van der Waals surface area contributed by atoms with Crippen molar-refractivity contribution in [3.63, 3.8) is 0 Å². The van der Waals surface area contributed by atoms with Crippen molar-refractivity contribution < 1.29 is 0 Å². The smallest absolute Gasteiger partial charge is 0.0654 e. The van der Waals surface area contributed by atoms with Crippen molar-refractivity contribution in [2.75, 3.05) is 0 Å². The minimum absolute atomic E-state index is 1.11. The van der Waals surface area contributed by atoms with E-state index < -0.39 is 0 Å². The van der Waals surface area contributed by atoms with E-state index in [2.05, 4.69) is 57.9 Å². The first-order valence-electron chi connectivity index (χ1n) is 5.60. The van der Waals surface area contributed by atoms with Gasteiger partial charge < -0.3 is 0 Å². The Balaban J connectivity index is 2.62. The molecule has 2 heteroatoms. The van der Waals surface area contributed by atoms with Crippen LogP contribution in [0.15, 0.2) is 18.2 Å². The van der Waals surface area contributed by atoms with Gasteiger partial charge in [0, 0.05) is 5.69 Å². The molecule has 16 heavy (non-hydrogen) atoms. The van der Waals surface area contributed by atoms with Gasteiger partial charge in [-0.15, -0.1) is 0 Å². The predicted octanol–water partition coefficient (Wildman–Crippen LogP) is 3.41. The van der Waals surface area contributed by atoms with Gasteiger partial charge in [-0.3, -0.25) is 0 Å². The van der Waals surface area contributed by atoms with Crippen LogP contribution >= 0.6 is 0 Å². The highest BCUT2D eigenvalue weighted by Crippen LogP contribution is 2.18. The first-order chi connectivity index (χ1) is 7.49. The lowest BCUT2D eigenvalue weighted by Crippen LogP contribution is -2.00. The maximum Gasteiger partial charge on any atom is 0.0654 e. The van der Waals surface area contributed by atoms with Crippen molar-refractivity contribution in [2.24, 2.45) is 0 Å². The van der Waals surface area contributed by atoms with Crippen molar-refractivity contribution in [1.82, 2.24) is 9.78 Å². The van der Waals surface area contributed by atoms with Crippen molar-refractivity contribution in [2.45, 2.75) is 34.6 Å². The van der Waals surface area contributed by atoms with Crippen LogP contribution in [-0.2, 0) is 0 Å². The van der Waals surface area contributed by atoms with Gasteiger partial charge in [-0.1, -0.05) is 6.07 Å². The molecule has 0 bridgehead atoms. The van der Waals surface area contributed by atoms with Crippen LogP contribution in [0, 0.1) is 34.6 Å². The lowest BCUT2D eigenvalue weighted by Gasteiger charge is -2.07. The molecule has 2 nitrogen and oxygen atoms in total. The van der Waals surface area contributed by atoms with Gasteiger partial charge in [-0.05, 0) is 63.4 Å². The average Bonchev–Trinajstić information content (AvgIpc) is 2.44. The van der Waals surface area contributed by atoms with Gasteiger partial charge >= 0.3 is 0 Å². The topological polar surface area (TPSA) is 17.8 Å². The van der Waals surface area contributed by atoms with Crippen molar-refractivity contribution in [1.29, 1.82) is 0 Å². The molecule has 1 heterocycles. The van der Waals surface area contributed by atoms with E-state index in [1.807, 2.05) is 4.68 Å². The van der Waals surface area contributed by atoms with Crippen molar-refractivity contribution >= 4 is 0 Å². The summed E-state index contributed by atoms with van der Waals surface area (Å²) < 4.78 is 2.03. The van der Waals surface area contributed by atoms with E-state index >= 15 is 0 Å². The van der Waals surface area contributed by atoms with Crippen molar-refractivity contribution in [3.8, 4) is 5.69 Å². The van der Waals surface area contributed by atoms with Gasteiger partial charge in [0.2, 0.25) is 0 Å². The molecular formula is C14H18N2. The van der Waals surface area contributed by atoms with Crippen LogP contribution in [0.5, 0.6) is 0 Å². The van der Waals surface area contributed by atoms with Crippen LogP contribution in [0.25, 0.3) is 5.69 Å². The third-order valence-electron chi connectivity index (χ3n) is 3.10. The van der Waals surface area contributed by atoms with Crippen LogP contribution in [0.2, 0.25) is 0 Å². The summed E-state index contributed by atoms with van der Waals surface area (Å²) in [5.41, 5.74) is 7.32. The van der Waals surface area contributed by atoms with Gasteiger partial charge in [0.1, 0.15) is 0 Å². The fraction of sp³-hybridized carbons (Fsp3) is 0.357. The molecule has 0 spiro atoms. The van der Waals surface area contributed by atoms with E-state index in [0.717, 1.165) is 11.4 Å². The Bertz CT molecular complexity index is 516. The molecule has 0 saturated heterocycles. The summed E-state index contributed by atoms with van der Waals surface area (Å²) in [6.45, 7) is 10.5. The molecule has 2 aromatic rings. The average molecular weight is 214 g/mol. The summed E-state index contributed by atoms with van der Waals surface area (Å²) in [5, 5.41) is 4.58. The fourth-order valence-electron chi connectivity index (χ4n) is 2.04. The van der Waals surface area contributed by atoms with E-state index in [1.165, 1.54) is 22.4 Å². The molecule has 0 atom stereocenters. The molecule has 0 aliphatic heterocycles. The first kappa shape index (κ1) is 10.9. The normalized spacial score (nSPS) is 10.8. The van der Waals surface area contributed by atoms with E-state index in [9.17, 15) is 0 Å². The second-order valence-corrected chi connectivity index (χ2v) is 4.55. The Morgan fingerprint density at radius 3 is 1.88 bits per heavy atom. The van der Waals surface area contributed by atoms with Gasteiger partial charge in [-0.25, -0.2) is 4.68 Å². The minimum atomic E-state index is 1.11. The Kier molecular flexibility index (Phi) is 2.58. The summed E-state index contributed by atoms with van der Waals surface area (Å²) in [4.78, 5) is 0. The Morgan fingerprint density at radius 2 is 1.44 bits per heavy atom. The maximum absolute atomic E-state index is 4.58. The lowest BCUT2D eigenvalue weighted by atomic mass is 10.1. The molecule has 0 aliphatic rings. The molecule has 2 rings (SSSR count). The lowest BCUT2D eigenvalue weighted by molar-refractivity contribution is 0.831. The number of hydrogen-bond acceptors (Lipinski definition) is 1. The molecule has 1 aromatic heterocycles. The van der Waals surface area contributed by atoms with E-state index in [4.69, 9.17) is 0 Å². The number of nitrogens with zero attached hydrogens (tertiary/aromatic N) is 2. The van der Waals surface area contributed by atoms with Crippen LogP contribution in [-0.4, -0.2) is 9.78 Å². The molecule has 0 radical (unpaired) electrons. The van der Waals surface area contributed by atoms with Crippen LogP contribution in [0.4, 0.5) is 0 Å². The van der Waals surface area contributed by atoms with Crippen LogP contribution < -0.4 is 0 Å². The van der Waals surface area contributed by atoms with Crippen molar-refractivity contribution in [3.05, 3.63) is 46.3 Å². The molecular weight excluding hydrogens is 196 g/mol. The maximum atomic E-state index is 4.58. The Morgan fingerprint density at radius 1 is 0.875 bits per heavy atom. The Hall–Kier alpha value is -1.57. The molecule has 0 N–H and O–H groups in total. The zero-order valence-corrected chi connectivity index (χ0v) is 10.6. The molecule has 0 fully saturated rings. The van der Waals surface area contributed by atoms with Gasteiger partial charge in [0.15, 0.2) is 0 Å². The number of benzene rings is 1. The highest BCUT2D eigenvalue weighted by Gasteiger charge is 2.09. The zero-order chi connectivity index (χ0) is 11.9. The summed E-state index contributed by atoms with van der Waals surface area (Å²) in [6, 6.07) is 6.53. The SMILES string of the molecule is Cc1cc(C)cc(-n2nc(C)c(C)c2C)c1. The van der Waals surface area contributed by atoms with E-state index in [0.29, 0.717) is 0 Å². The molecule has 0 unspecified atom stereocenters. The molecule has 0 saturated carbocycles. The van der Waals surface area contributed by atoms with Gasteiger partial charge in [-0.2, -0.15) is 5.10 Å². The highest BCUT2D eigenvalue weighted by molar-refractivity contribution is 5.41. The summed E-state index contributed by atoms with van der Waals surface area (Å²) >= 11 is 0. The quantitative estimate of drug-likeness (QED) is 0.711. The largest absolute Gasteiger partial charge is 0.238 e. The van der Waals surface area contributed by atoms with Gasteiger partial charge in [0.05, 0.1) is 11.4 Å². The second kappa shape index (κ2) is 3.78. The third-order valence-corrected chi connectivity index (χ3v) is 3.10. The molecule has 0 amide bonds. The standard InChI is InChI=1S/C14H18N2/c1-9-6-10(2)8-14(7-9)16-13(5)11(3)12(4)15-16/h6-8H,1-5H3. The first-order valence-corrected chi connectivity index (χ1v) is 5.60. The van der Waals surface area contributed by atoms with E-state index in [-0.39, 0.29) is 0 Å².